The van der Waals surface area contributed by atoms with E-state index in [0.717, 1.165) is 17.8 Å². The van der Waals surface area contributed by atoms with Crippen molar-refractivity contribution in [3.05, 3.63) is 16.3 Å². The van der Waals surface area contributed by atoms with Gasteiger partial charge in [-0.1, -0.05) is 0 Å². The number of anilines is 1. The molecule has 1 amide bonds. The lowest BCUT2D eigenvalue weighted by Crippen LogP contribution is -2.59. The van der Waals surface area contributed by atoms with Gasteiger partial charge < -0.3 is 11.1 Å². The van der Waals surface area contributed by atoms with E-state index < -0.39 is 0 Å². The van der Waals surface area contributed by atoms with E-state index in [1.54, 1.807) is 0 Å². The van der Waals surface area contributed by atoms with Gasteiger partial charge in [0.1, 0.15) is 4.88 Å². The quantitative estimate of drug-likeness (QED) is 0.872. The van der Waals surface area contributed by atoms with Gasteiger partial charge in [-0.15, -0.1) is 11.3 Å². The van der Waals surface area contributed by atoms with Crippen molar-refractivity contribution in [1.82, 2.24) is 5.32 Å². The summed E-state index contributed by atoms with van der Waals surface area (Å²) in [5, 5.41) is 5.25. The number of rotatable bonds is 2. The maximum atomic E-state index is 12.4. The molecule has 4 aliphatic carbocycles. The number of amides is 1. The Labute approximate surface area is 117 Å². The monoisotopic (exact) mass is 276 g/mol. The fourth-order valence-corrected chi connectivity index (χ4v) is 5.78. The molecule has 4 saturated carbocycles. The molecule has 1 aromatic heterocycles. The molecule has 0 spiro atoms. The van der Waals surface area contributed by atoms with E-state index in [1.807, 2.05) is 11.4 Å². The highest BCUT2D eigenvalue weighted by molar-refractivity contribution is 7.12. The topological polar surface area (TPSA) is 55.1 Å². The minimum absolute atomic E-state index is 0.0504. The van der Waals surface area contributed by atoms with Crippen LogP contribution in [0.25, 0.3) is 0 Å². The minimum atomic E-state index is 0.0504. The van der Waals surface area contributed by atoms with Crippen LogP contribution in [0.5, 0.6) is 0 Å². The first-order valence-corrected chi connectivity index (χ1v) is 8.17. The van der Waals surface area contributed by atoms with Crippen molar-refractivity contribution in [1.29, 1.82) is 0 Å². The van der Waals surface area contributed by atoms with Gasteiger partial charge in [-0.25, -0.2) is 0 Å². The molecule has 3 nitrogen and oxygen atoms in total. The Bertz CT molecular complexity index is 487. The SMILES string of the molecule is Nc1ccsc1C(=O)NC12CC3CC(CC(C3)C1)C2. The van der Waals surface area contributed by atoms with Gasteiger partial charge in [-0.05, 0) is 67.7 Å². The van der Waals surface area contributed by atoms with Gasteiger partial charge in [-0.2, -0.15) is 0 Å². The zero-order valence-electron chi connectivity index (χ0n) is 11.0. The van der Waals surface area contributed by atoms with Crippen LogP contribution in [0, 0.1) is 17.8 Å². The van der Waals surface area contributed by atoms with Crippen LogP contribution in [-0.2, 0) is 0 Å². The maximum absolute atomic E-state index is 12.4. The highest BCUT2D eigenvalue weighted by atomic mass is 32.1. The largest absolute Gasteiger partial charge is 0.397 e. The summed E-state index contributed by atoms with van der Waals surface area (Å²) in [4.78, 5) is 13.1. The number of hydrogen-bond acceptors (Lipinski definition) is 3. The van der Waals surface area contributed by atoms with Gasteiger partial charge in [0.05, 0.1) is 5.69 Å². The van der Waals surface area contributed by atoms with Gasteiger partial charge in [-0.3, -0.25) is 4.79 Å². The number of nitrogens with one attached hydrogen (secondary N) is 1. The second kappa shape index (κ2) is 3.98. The summed E-state index contributed by atoms with van der Waals surface area (Å²) >= 11 is 1.45. The van der Waals surface area contributed by atoms with Crippen LogP contribution in [-0.4, -0.2) is 11.4 Å². The lowest BCUT2D eigenvalue weighted by Gasteiger charge is -2.56. The van der Waals surface area contributed by atoms with E-state index in [2.05, 4.69) is 5.32 Å². The molecule has 4 fully saturated rings. The molecule has 0 aromatic carbocycles. The van der Waals surface area contributed by atoms with E-state index in [0.29, 0.717) is 10.6 Å². The zero-order chi connectivity index (χ0) is 13.0. The number of nitrogen functional groups attached to an aromatic ring is 1. The average Bonchev–Trinajstić information content (AvgIpc) is 2.72. The van der Waals surface area contributed by atoms with Gasteiger partial charge >= 0.3 is 0 Å². The Morgan fingerprint density at radius 2 is 1.79 bits per heavy atom. The van der Waals surface area contributed by atoms with Gasteiger partial charge in [0, 0.05) is 5.54 Å². The van der Waals surface area contributed by atoms with Crippen molar-refractivity contribution in [2.75, 3.05) is 5.73 Å². The summed E-state index contributed by atoms with van der Waals surface area (Å²) in [6.07, 6.45) is 7.77. The van der Waals surface area contributed by atoms with Crippen molar-refractivity contribution in [2.45, 2.75) is 44.1 Å². The number of nitrogens with two attached hydrogens (primary N) is 1. The van der Waals surface area contributed by atoms with Crippen LogP contribution in [0.15, 0.2) is 11.4 Å². The first-order valence-electron chi connectivity index (χ1n) is 7.29. The predicted octanol–water partition coefficient (Wildman–Crippen LogP) is 3.03. The fourth-order valence-electron chi connectivity index (χ4n) is 5.07. The molecule has 0 aliphatic heterocycles. The molecule has 19 heavy (non-hydrogen) atoms. The first kappa shape index (κ1) is 11.8. The summed E-state index contributed by atoms with van der Waals surface area (Å²) in [5.41, 5.74) is 6.56. The van der Waals surface area contributed by atoms with Crippen LogP contribution in [0.2, 0.25) is 0 Å². The van der Waals surface area contributed by atoms with Crippen molar-refractivity contribution in [3.63, 3.8) is 0 Å². The molecule has 4 heteroatoms. The van der Waals surface area contributed by atoms with Crippen LogP contribution in [0.1, 0.15) is 48.2 Å². The highest BCUT2D eigenvalue weighted by Gasteiger charge is 2.51. The molecule has 102 valence electrons. The number of carbonyl (C=O) groups excluding carboxylic acids is 1. The summed E-state index contributed by atoms with van der Waals surface area (Å²) in [6.45, 7) is 0. The molecule has 0 saturated heterocycles. The smallest absolute Gasteiger partial charge is 0.263 e. The Hall–Kier alpha value is -1.03. The minimum Gasteiger partial charge on any atom is -0.397 e. The Morgan fingerprint density at radius 1 is 1.21 bits per heavy atom. The summed E-state index contributed by atoms with van der Waals surface area (Å²) in [7, 11) is 0. The normalized spacial score (nSPS) is 39.5. The fraction of sp³-hybridized carbons (Fsp3) is 0.667. The molecule has 5 rings (SSSR count). The molecule has 3 N–H and O–H groups in total. The zero-order valence-corrected chi connectivity index (χ0v) is 11.8. The van der Waals surface area contributed by atoms with E-state index >= 15 is 0 Å². The predicted molar refractivity (Wildman–Crippen MR) is 77.1 cm³/mol. The molecule has 4 bridgehead atoms. The molecule has 1 aromatic rings. The molecule has 0 unspecified atom stereocenters. The van der Waals surface area contributed by atoms with Gasteiger partial charge in [0.25, 0.3) is 5.91 Å². The second-order valence-electron chi connectivity index (χ2n) is 6.86. The molecule has 0 atom stereocenters. The third-order valence-electron chi connectivity index (χ3n) is 5.32. The van der Waals surface area contributed by atoms with Gasteiger partial charge in [0.2, 0.25) is 0 Å². The number of hydrogen-bond donors (Lipinski definition) is 2. The Balaban J connectivity index is 1.56. The molecular weight excluding hydrogens is 256 g/mol. The van der Waals surface area contributed by atoms with E-state index in [4.69, 9.17) is 5.73 Å². The Kier molecular flexibility index (Phi) is 2.47. The summed E-state index contributed by atoms with van der Waals surface area (Å²) in [6, 6.07) is 1.82. The standard InChI is InChI=1S/C15H20N2OS/c16-12-1-2-19-13(12)14(18)17-15-6-9-3-10(7-15)5-11(4-9)8-15/h1-2,9-11H,3-8,16H2,(H,17,18). The van der Waals surface area contributed by atoms with Gasteiger partial charge in [0.15, 0.2) is 0 Å². The van der Waals surface area contributed by atoms with E-state index in [1.165, 1.54) is 49.9 Å². The van der Waals surface area contributed by atoms with Crippen LogP contribution in [0.4, 0.5) is 5.69 Å². The first-order chi connectivity index (χ1) is 9.13. The molecule has 0 radical (unpaired) electrons. The highest BCUT2D eigenvalue weighted by Crippen LogP contribution is 2.55. The van der Waals surface area contributed by atoms with Crippen molar-refractivity contribution in [2.24, 2.45) is 17.8 Å². The maximum Gasteiger partial charge on any atom is 0.263 e. The lowest BCUT2D eigenvalue weighted by atomic mass is 9.53. The molecule has 4 aliphatic rings. The van der Waals surface area contributed by atoms with Crippen LogP contribution < -0.4 is 11.1 Å². The number of carbonyl (C=O) groups is 1. The third kappa shape index (κ3) is 1.88. The number of thiophene rings is 1. The summed E-state index contributed by atoms with van der Waals surface area (Å²) in [5.74, 6) is 2.61. The molecule has 1 heterocycles. The van der Waals surface area contributed by atoms with E-state index in [9.17, 15) is 4.79 Å². The third-order valence-corrected chi connectivity index (χ3v) is 6.25. The van der Waals surface area contributed by atoms with Crippen molar-refractivity contribution in [3.8, 4) is 0 Å². The average molecular weight is 276 g/mol. The second-order valence-corrected chi connectivity index (χ2v) is 7.77. The van der Waals surface area contributed by atoms with Crippen LogP contribution >= 0.6 is 11.3 Å². The van der Waals surface area contributed by atoms with Crippen molar-refractivity contribution >= 4 is 22.9 Å². The van der Waals surface area contributed by atoms with Crippen molar-refractivity contribution < 1.29 is 4.79 Å². The van der Waals surface area contributed by atoms with Crippen LogP contribution in [0.3, 0.4) is 0 Å². The summed E-state index contributed by atoms with van der Waals surface area (Å²) < 4.78 is 0. The van der Waals surface area contributed by atoms with E-state index in [-0.39, 0.29) is 11.4 Å². The molecular formula is C15H20N2OS. The lowest BCUT2D eigenvalue weighted by molar-refractivity contribution is -0.0166. The Morgan fingerprint density at radius 3 is 2.26 bits per heavy atom.